The van der Waals surface area contributed by atoms with E-state index >= 15 is 0 Å². The Morgan fingerprint density at radius 2 is 1.95 bits per heavy atom. The van der Waals surface area contributed by atoms with Crippen LogP contribution in [0.5, 0.6) is 0 Å². The van der Waals surface area contributed by atoms with Crippen LogP contribution in [0.2, 0.25) is 0 Å². The van der Waals surface area contributed by atoms with Crippen molar-refractivity contribution in [2.75, 3.05) is 0 Å². The molecule has 0 aliphatic heterocycles. The fourth-order valence-electron chi connectivity index (χ4n) is 2.62. The summed E-state index contributed by atoms with van der Waals surface area (Å²) in [7, 11) is -4.64. The highest BCUT2D eigenvalue weighted by Gasteiger charge is 2.47. The lowest BCUT2D eigenvalue weighted by Crippen LogP contribution is -2.42. The van der Waals surface area contributed by atoms with Gasteiger partial charge in [-0.2, -0.15) is 8.42 Å². The van der Waals surface area contributed by atoms with Crippen LogP contribution in [0.15, 0.2) is 48.6 Å². The lowest BCUT2D eigenvalue weighted by Gasteiger charge is -2.32. The number of aryl methyl sites for hydroxylation is 1. The average Bonchev–Trinajstić information content (AvgIpc) is 2.45. The third-order valence-electron chi connectivity index (χ3n) is 3.80. The molecule has 0 aromatic heterocycles. The Morgan fingerprint density at radius 1 is 1.24 bits per heavy atom. The number of benzene rings is 1. The summed E-state index contributed by atoms with van der Waals surface area (Å²) in [5.74, 6) is -0.814. The first-order valence-electron chi connectivity index (χ1n) is 7.03. The van der Waals surface area contributed by atoms with Crippen molar-refractivity contribution in [3.63, 3.8) is 0 Å². The number of rotatable bonds is 5. The van der Waals surface area contributed by atoms with E-state index in [2.05, 4.69) is 6.92 Å². The van der Waals surface area contributed by atoms with E-state index in [-0.39, 0.29) is 0 Å². The molecule has 1 aromatic rings. The highest BCUT2D eigenvalue weighted by molar-refractivity contribution is 7.87. The van der Waals surface area contributed by atoms with Gasteiger partial charge in [-0.3, -0.25) is 4.55 Å². The van der Waals surface area contributed by atoms with Gasteiger partial charge in [-0.1, -0.05) is 55.8 Å². The maximum atomic E-state index is 11.6. The minimum absolute atomic E-state index is 0.728. The molecule has 0 radical (unpaired) electrons. The van der Waals surface area contributed by atoms with Crippen LogP contribution in [-0.2, 0) is 16.5 Å². The van der Waals surface area contributed by atoms with Crippen molar-refractivity contribution in [2.24, 2.45) is 0 Å². The van der Waals surface area contributed by atoms with Gasteiger partial charge in [-0.15, -0.1) is 0 Å². The molecule has 1 aliphatic carbocycles. The average molecular weight is 308 g/mol. The van der Waals surface area contributed by atoms with Crippen LogP contribution in [0, 0.1) is 0 Å². The smallest absolute Gasteiger partial charge is 0.299 e. The fourth-order valence-corrected chi connectivity index (χ4v) is 3.39. The van der Waals surface area contributed by atoms with Crippen molar-refractivity contribution in [2.45, 2.75) is 37.0 Å². The third kappa shape index (κ3) is 3.10. The van der Waals surface area contributed by atoms with Gasteiger partial charge in [0.25, 0.3) is 10.1 Å². The van der Waals surface area contributed by atoms with Crippen LogP contribution in [0.25, 0.3) is 0 Å². The van der Waals surface area contributed by atoms with Crippen molar-refractivity contribution in [3.05, 3.63) is 59.7 Å². The van der Waals surface area contributed by atoms with Crippen LogP contribution >= 0.6 is 0 Å². The molecule has 2 N–H and O–H groups in total. The summed E-state index contributed by atoms with van der Waals surface area (Å²) in [4.78, 5) is -2.32. The minimum atomic E-state index is -4.64. The predicted molar refractivity (Wildman–Crippen MR) is 82.6 cm³/mol. The Labute approximate surface area is 125 Å². The number of allylic oxidation sites excluding steroid dienone is 2. The fraction of sp³-hybridized carbons (Fsp3) is 0.375. The monoisotopic (exact) mass is 308 g/mol. The molecule has 2 atom stereocenters. The predicted octanol–water partition coefficient (Wildman–Crippen LogP) is 2.82. The lowest BCUT2D eigenvalue weighted by molar-refractivity contribution is 0.144. The molecule has 2 unspecified atom stereocenters. The zero-order valence-corrected chi connectivity index (χ0v) is 12.8. The standard InChI is InChI=1S/C16H20O4S/c1-2-3-8-13-9-4-5-10-14(13)15-11-6-7-12-16(15,17)21(18,19)20/h4-7,9-12,15,17H,2-3,8H2,1H3,(H,18,19,20). The largest absolute Gasteiger partial charge is 0.369 e. The molecule has 5 heteroatoms. The van der Waals surface area contributed by atoms with Gasteiger partial charge in [0.2, 0.25) is 4.93 Å². The summed E-state index contributed by atoms with van der Waals surface area (Å²) in [5, 5.41) is 10.5. The van der Waals surface area contributed by atoms with E-state index in [9.17, 15) is 18.1 Å². The molecule has 0 heterocycles. The van der Waals surface area contributed by atoms with Gasteiger partial charge >= 0.3 is 0 Å². The molecule has 114 valence electrons. The SMILES string of the molecule is CCCCc1ccccc1C1C=CC=CC1(O)S(=O)(=O)O. The van der Waals surface area contributed by atoms with Crippen LogP contribution in [0.1, 0.15) is 36.8 Å². The van der Waals surface area contributed by atoms with Crippen molar-refractivity contribution in [3.8, 4) is 0 Å². The van der Waals surface area contributed by atoms with Crippen molar-refractivity contribution in [1.29, 1.82) is 0 Å². The second kappa shape index (κ2) is 6.13. The maximum absolute atomic E-state index is 11.6. The highest BCUT2D eigenvalue weighted by atomic mass is 32.2. The van der Waals surface area contributed by atoms with Gasteiger partial charge in [0.05, 0.1) is 5.92 Å². The van der Waals surface area contributed by atoms with Crippen LogP contribution in [0.3, 0.4) is 0 Å². The summed E-state index contributed by atoms with van der Waals surface area (Å²) >= 11 is 0. The first kappa shape index (κ1) is 15.9. The van der Waals surface area contributed by atoms with Crippen LogP contribution in [0.4, 0.5) is 0 Å². The Balaban J connectivity index is 2.49. The minimum Gasteiger partial charge on any atom is -0.369 e. The Kier molecular flexibility index (Phi) is 4.66. The van der Waals surface area contributed by atoms with Gasteiger partial charge in [0.1, 0.15) is 0 Å². The molecule has 0 fully saturated rings. The quantitative estimate of drug-likeness (QED) is 0.820. The summed E-state index contributed by atoms with van der Waals surface area (Å²) < 4.78 is 32.7. The molecule has 0 saturated heterocycles. The van der Waals surface area contributed by atoms with Gasteiger partial charge in [-0.25, -0.2) is 0 Å². The van der Waals surface area contributed by atoms with E-state index in [1.807, 2.05) is 12.1 Å². The molecule has 2 rings (SSSR count). The van der Waals surface area contributed by atoms with Crippen LogP contribution < -0.4 is 0 Å². The van der Waals surface area contributed by atoms with E-state index in [1.54, 1.807) is 24.3 Å². The number of hydrogen-bond donors (Lipinski definition) is 2. The molecular weight excluding hydrogens is 288 g/mol. The Bertz CT molecular complexity index is 661. The Morgan fingerprint density at radius 3 is 2.62 bits per heavy atom. The molecule has 21 heavy (non-hydrogen) atoms. The van der Waals surface area contributed by atoms with Crippen LogP contribution in [-0.4, -0.2) is 23.0 Å². The van der Waals surface area contributed by atoms with Gasteiger partial charge < -0.3 is 5.11 Å². The second-order valence-electron chi connectivity index (χ2n) is 5.25. The van der Waals surface area contributed by atoms with E-state index in [4.69, 9.17) is 0 Å². The molecule has 1 aliphatic rings. The number of unbranched alkanes of at least 4 members (excludes halogenated alkanes) is 1. The molecule has 0 saturated carbocycles. The number of hydrogen-bond acceptors (Lipinski definition) is 3. The molecule has 4 nitrogen and oxygen atoms in total. The third-order valence-corrected chi connectivity index (χ3v) is 5.01. The molecule has 0 bridgehead atoms. The second-order valence-corrected chi connectivity index (χ2v) is 6.86. The van der Waals surface area contributed by atoms with Crippen molar-refractivity contribution < 1.29 is 18.1 Å². The summed E-state index contributed by atoms with van der Waals surface area (Å²) in [6, 6.07) is 7.43. The van der Waals surface area contributed by atoms with Crippen molar-refractivity contribution in [1.82, 2.24) is 0 Å². The first-order chi connectivity index (χ1) is 9.90. The van der Waals surface area contributed by atoms with E-state index in [1.165, 1.54) is 6.08 Å². The zero-order chi connectivity index (χ0) is 15.5. The lowest BCUT2D eigenvalue weighted by atomic mass is 9.85. The molecule has 0 amide bonds. The van der Waals surface area contributed by atoms with E-state index < -0.39 is 21.0 Å². The van der Waals surface area contributed by atoms with E-state index in [0.29, 0.717) is 0 Å². The van der Waals surface area contributed by atoms with Gasteiger partial charge in [-0.05, 0) is 30.0 Å². The normalized spacial score (nSPS) is 25.2. The zero-order valence-electron chi connectivity index (χ0n) is 11.9. The molecular formula is C16H20O4S. The van der Waals surface area contributed by atoms with Gasteiger partial charge in [0, 0.05) is 0 Å². The molecule has 0 spiro atoms. The molecule has 1 aromatic carbocycles. The summed E-state index contributed by atoms with van der Waals surface area (Å²) in [6.07, 6.45) is 8.66. The van der Waals surface area contributed by atoms with Crippen molar-refractivity contribution >= 4 is 10.1 Å². The maximum Gasteiger partial charge on any atom is 0.299 e. The van der Waals surface area contributed by atoms with E-state index in [0.717, 1.165) is 36.5 Å². The summed E-state index contributed by atoms with van der Waals surface area (Å²) in [6.45, 7) is 2.08. The first-order valence-corrected chi connectivity index (χ1v) is 8.47. The highest BCUT2D eigenvalue weighted by Crippen LogP contribution is 2.39. The van der Waals surface area contributed by atoms with Gasteiger partial charge in [0.15, 0.2) is 0 Å². The summed E-state index contributed by atoms with van der Waals surface area (Å²) in [5.41, 5.74) is 1.72. The Hall–Kier alpha value is -1.43. The topological polar surface area (TPSA) is 74.6 Å². The number of aliphatic hydroxyl groups is 1.